The van der Waals surface area contributed by atoms with Gasteiger partial charge in [-0.25, -0.2) is 9.67 Å². The highest BCUT2D eigenvalue weighted by molar-refractivity contribution is 6.30. The molecular formula is C16H20ClN3O2. The Labute approximate surface area is 135 Å². The van der Waals surface area contributed by atoms with Crippen molar-refractivity contribution in [2.24, 2.45) is 5.41 Å². The molecular weight excluding hydrogens is 302 g/mol. The fourth-order valence-corrected chi connectivity index (χ4v) is 3.05. The molecule has 2 aromatic rings. The van der Waals surface area contributed by atoms with Gasteiger partial charge in [0.15, 0.2) is 0 Å². The number of rotatable bonds is 5. The van der Waals surface area contributed by atoms with Gasteiger partial charge in [0, 0.05) is 10.4 Å². The molecule has 1 atom stereocenters. The highest BCUT2D eigenvalue weighted by Crippen LogP contribution is 2.33. The Hall–Kier alpha value is -1.43. The van der Waals surface area contributed by atoms with Crippen LogP contribution in [0.2, 0.25) is 5.02 Å². The molecule has 6 heteroatoms. The van der Waals surface area contributed by atoms with E-state index in [4.69, 9.17) is 21.1 Å². The van der Waals surface area contributed by atoms with Gasteiger partial charge in [-0.15, -0.1) is 0 Å². The summed E-state index contributed by atoms with van der Waals surface area (Å²) in [5.41, 5.74) is 1.22. The van der Waals surface area contributed by atoms with Crippen LogP contribution in [0.5, 0.6) is 0 Å². The maximum Gasteiger partial charge on any atom is 0.146 e. The number of halogens is 1. The lowest BCUT2D eigenvalue weighted by Crippen LogP contribution is -2.37. The highest BCUT2D eigenvalue weighted by Gasteiger charge is 2.32. The number of hydrogen-bond donors (Lipinski definition) is 0. The first kappa shape index (κ1) is 15.5. The molecule has 5 nitrogen and oxygen atoms in total. The summed E-state index contributed by atoms with van der Waals surface area (Å²) in [6.07, 6.45) is 5.13. The summed E-state index contributed by atoms with van der Waals surface area (Å²) >= 11 is 5.96. The Kier molecular flexibility index (Phi) is 4.76. The lowest BCUT2D eigenvalue weighted by atomic mass is 9.83. The monoisotopic (exact) mass is 321 g/mol. The zero-order chi connectivity index (χ0) is 15.4. The van der Waals surface area contributed by atoms with Gasteiger partial charge in [0.05, 0.1) is 19.3 Å². The average Bonchev–Trinajstić information content (AvgIpc) is 3.04. The number of ether oxygens (including phenoxy) is 2. The fourth-order valence-electron chi connectivity index (χ4n) is 2.92. The second-order valence-electron chi connectivity index (χ2n) is 6.19. The minimum atomic E-state index is -0.0126. The van der Waals surface area contributed by atoms with E-state index in [0.717, 1.165) is 17.9 Å². The summed E-state index contributed by atoms with van der Waals surface area (Å²) < 4.78 is 12.9. The molecule has 1 saturated heterocycles. The van der Waals surface area contributed by atoms with Crippen molar-refractivity contribution in [3.05, 3.63) is 47.5 Å². The average molecular weight is 322 g/mol. The molecule has 0 spiro atoms. The molecule has 0 aliphatic carbocycles. The Morgan fingerprint density at radius 2 is 2.00 bits per heavy atom. The largest absolute Gasteiger partial charge is 0.355 e. The molecule has 1 aromatic carbocycles. The van der Waals surface area contributed by atoms with Gasteiger partial charge in [-0.3, -0.25) is 0 Å². The van der Waals surface area contributed by atoms with Crippen LogP contribution >= 0.6 is 11.6 Å². The molecule has 1 aromatic heterocycles. The molecule has 0 saturated carbocycles. The lowest BCUT2D eigenvalue weighted by molar-refractivity contribution is -0.163. The first-order chi connectivity index (χ1) is 10.6. The Balaban J connectivity index is 1.76. The van der Waals surface area contributed by atoms with Crippen molar-refractivity contribution >= 4 is 11.6 Å². The van der Waals surface area contributed by atoms with Crippen LogP contribution in [-0.2, 0) is 15.9 Å². The topological polar surface area (TPSA) is 49.2 Å². The molecule has 1 aliphatic rings. The summed E-state index contributed by atoms with van der Waals surface area (Å²) in [6, 6.07) is 8.16. The van der Waals surface area contributed by atoms with E-state index in [1.165, 1.54) is 5.56 Å². The van der Waals surface area contributed by atoms with E-state index < -0.39 is 0 Å². The van der Waals surface area contributed by atoms with Gasteiger partial charge in [-0.2, -0.15) is 5.10 Å². The molecule has 1 unspecified atom stereocenters. The van der Waals surface area contributed by atoms with Crippen molar-refractivity contribution in [1.82, 2.24) is 14.8 Å². The van der Waals surface area contributed by atoms with Gasteiger partial charge in [0.1, 0.15) is 19.4 Å². The summed E-state index contributed by atoms with van der Waals surface area (Å²) in [6.45, 7) is 4.00. The van der Waals surface area contributed by atoms with Gasteiger partial charge in [0.25, 0.3) is 0 Å². The zero-order valence-electron chi connectivity index (χ0n) is 12.6. The minimum Gasteiger partial charge on any atom is -0.355 e. The van der Waals surface area contributed by atoms with Crippen molar-refractivity contribution in [3.8, 4) is 0 Å². The van der Waals surface area contributed by atoms with Crippen LogP contribution in [0.25, 0.3) is 0 Å². The SMILES string of the molecule is CC1(CC(Cc2ccc(Cl)cc2)n2cncn2)COCOC1. The van der Waals surface area contributed by atoms with Crippen LogP contribution in [0.4, 0.5) is 0 Å². The zero-order valence-corrected chi connectivity index (χ0v) is 13.4. The number of nitrogens with zero attached hydrogens (tertiary/aromatic N) is 3. The highest BCUT2D eigenvalue weighted by atomic mass is 35.5. The molecule has 0 radical (unpaired) electrons. The van der Waals surface area contributed by atoms with Crippen LogP contribution in [0.3, 0.4) is 0 Å². The second-order valence-corrected chi connectivity index (χ2v) is 6.63. The molecule has 3 rings (SSSR count). The summed E-state index contributed by atoms with van der Waals surface area (Å²) in [4.78, 5) is 4.08. The van der Waals surface area contributed by atoms with Crippen LogP contribution in [0, 0.1) is 5.41 Å². The van der Waals surface area contributed by atoms with Crippen LogP contribution < -0.4 is 0 Å². The van der Waals surface area contributed by atoms with Crippen LogP contribution in [0.15, 0.2) is 36.9 Å². The van der Waals surface area contributed by atoms with Crippen LogP contribution in [-0.4, -0.2) is 34.8 Å². The first-order valence-electron chi connectivity index (χ1n) is 7.39. The number of benzene rings is 1. The summed E-state index contributed by atoms with van der Waals surface area (Å²) in [5.74, 6) is 0. The third-order valence-corrected chi connectivity index (χ3v) is 4.24. The molecule has 0 bridgehead atoms. The third-order valence-electron chi connectivity index (χ3n) is 3.99. The Morgan fingerprint density at radius 3 is 2.64 bits per heavy atom. The van der Waals surface area contributed by atoms with Gasteiger partial charge < -0.3 is 9.47 Å². The van der Waals surface area contributed by atoms with E-state index in [1.54, 1.807) is 12.7 Å². The summed E-state index contributed by atoms with van der Waals surface area (Å²) in [5, 5.41) is 5.08. The van der Waals surface area contributed by atoms with Gasteiger partial charge in [0.2, 0.25) is 0 Å². The normalized spacial score (nSPS) is 19.0. The van der Waals surface area contributed by atoms with E-state index in [9.17, 15) is 0 Å². The quantitative estimate of drug-likeness (QED) is 0.849. The number of hydrogen-bond acceptors (Lipinski definition) is 4. The first-order valence-corrected chi connectivity index (χ1v) is 7.76. The Morgan fingerprint density at radius 1 is 1.27 bits per heavy atom. The molecule has 118 valence electrons. The third kappa shape index (κ3) is 3.85. The molecule has 2 heterocycles. The van der Waals surface area contributed by atoms with Crippen molar-refractivity contribution in [2.75, 3.05) is 20.0 Å². The van der Waals surface area contributed by atoms with E-state index in [0.29, 0.717) is 20.0 Å². The predicted molar refractivity (Wildman–Crippen MR) is 83.7 cm³/mol. The standard InChI is InChI=1S/C16H20ClN3O2/c1-16(8-21-12-22-9-16)7-15(20-11-18-10-19-20)6-13-2-4-14(17)5-3-13/h2-5,10-11,15H,6-9,12H2,1H3. The molecule has 1 fully saturated rings. The van der Waals surface area contributed by atoms with Gasteiger partial charge >= 0.3 is 0 Å². The predicted octanol–water partition coefficient (Wildman–Crippen LogP) is 3.12. The second kappa shape index (κ2) is 6.77. The molecule has 0 N–H and O–H groups in total. The van der Waals surface area contributed by atoms with Crippen molar-refractivity contribution < 1.29 is 9.47 Å². The van der Waals surface area contributed by atoms with Crippen molar-refractivity contribution in [1.29, 1.82) is 0 Å². The molecule has 0 amide bonds. The van der Waals surface area contributed by atoms with Gasteiger partial charge in [-0.05, 0) is 30.5 Å². The van der Waals surface area contributed by atoms with Gasteiger partial charge in [-0.1, -0.05) is 30.7 Å². The summed E-state index contributed by atoms with van der Waals surface area (Å²) in [7, 11) is 0. The fraction of sp³-hybridized carbons (Fsp3) is 0.500. The van der Waals surface area contributed by atoms with E-state index in [-0.39, 0.29) is 11.5 Å². The van der Waals surface area contributed by atoms with E-state index in [1.807, 2.05) is 16.8 Å². The van der Waals surface area contributed by atoms with E-state index >= 15 is 0 Å². The smallest absolute Gasteiger partial charge is 0.146 e. The minimum absolute atomic E-state index is 0.0126. The maximum atomic E-state index is 5.96. The Bertz CT molecular complexity index is 580. The molecule has 22 heavy (non-hydrogen) atoms. The van der Waals surface area contributed by atoms with Crippen molar-refractivity contribution in [3.63, 3.8) is 0 Å². The van der Waals surface area contributed by atoms with Crippen molar-refractivity contribution in [2.45, 2.75) is 25.8 Å². The number of aromatic nitrogens is 3. The lowest BCUT2D eigenvalue weighted by Gasteiger charge is -2.36. The van der Waals surface area contributed by atoms with Crippen LogP contribution in [0.1, 0.15) is 24.9 Å². The maximum absolute atomic E-state index is 5.96. The van der Waals surface area contributed by atoms with E-state index in [2.05, 4.69) is 29.1 Å². The molecule has 1 aliphatic heterocycles.